The fourth-order valence-corrected chi connectivity index (χ4v) is 6.69. The van der Waals surface area contributed by atoms with E-state index in [0.717, 1.165) is 6.54 Å². The minimum Gasteiger partial charge on any atom is -0.234 e. The van der Waals surface area contributed by atoms with Crippen molar-refractivity contribution < 1.29 is 4.57 Å². The number of rotatable bonds is 31. The van der Waals surface area contributed by atoms with E-state index in [2.05, 4.69) is 65.7 Å². The molecule has 2 heteroatoms. The van der Waals surface area contributed by atoms with Gasteiger partial charge in [-0.3, -0.25) is 0 Å². The van der Waals surface area contributed by atoms with Crippen molar-refractivity contribution in [1.29, 1.82) is 0 Å². The van der Waals surface area contributed by atoms with E-state index in [9.17, 15) is 0 Å². The first-order chi connectivity index (χ1) is 21.3. The topological polar surface area (TPSA) is 8.81 Å². The summed E-state index contributed by atoms with van der Waals surface area (Å²) in [5.41, 5.74) is 1.41. The van der Waals surface area contributed by atoms with Crippen LogP contribution in [0.15, 0.2) is 42.7 Å². The number of hydrogen-bond acceptors (Lipinski definition) is 0. The number of unbranched alkanes of at least 4 members (excludes halogenated alkanes) is 25. The van der Waals surface area contributed by atoms with Crippen LogP contribution in [0.3, 0.4) is 0 Å². The average Bonchev–Trinajstić information content (AvgIpc) is 3.40. The number of hydrogen-bond donors (Lipinski definition) is 0. The van der Waals surface area contributed by atoms with Crippen LogP contribution in [0.1, 0.15) is 199 Å². The highest BCUT2D eigenvalue weighted by atomic mass is 15.1. The summed E-state index contributed by atoms with van der Waals surface area (Å²) in [7, 11) is 0. The fraction of sp³-hybridized carbons (Fsp3) is 0.780. The van der Waals surface area contributed by atoms with Crippen molar-refractivity contribution in [2.24, 2.45) is 0 Å². The number of benzene rings is 1. The third-order valence-electron chi connectivity index (χ3n) is 9.54. The molecule has 2 nitrogen and oxygen atoms in total. The molecule has 43 heavy (non-hydrogen) atoms. The lowest BCUT2D eigenvalue weighted by atomic mass is 10.0. The Bertz CT molecular complexity index is 839. The summed E-state index contributed by atoms with van der Waals surface area (Å²) in [5, 5.41) is 0. The Balaban J connectivity index is 1.58. The maximum absolute atomic E-state index is 2.59. The number of aryl methyl sites for hydroxylation is 1. The van der Waals surface area contributed by atoms with Crippen molar-refractivity contribution in [1.82, 2.24) is 4.57 Å². The molecular weight excluding hydrogens is 520 g/mol. The van der Waals surface area contributed by atoms with E-state index in [-0.39, 0.29) is 0 Å². The van der Waals surface area contributed by atoms with Gasteiger partial charge in [0.25, 0.3) is 5.82 Å². The zero-order chi connectivity index (χ0) is 30.5. The second-order valence-corrected chi connectivity index (χ2v) is 13.6. The fourth-order valence-electron chi connectivity index (χ4n) is 6.69. The molecule has 246 valence electrons. The highest BCUT2D eigenvalue weighted by Crippen LogP contribution is 2.16. The second kappa shape index (κ2) is 27.9. The Morgan fingerprint density at radius 1 is 0.465 bits per heavy atom. The molecule has 0 saturated carbocycles. The Labute approximate surface area is 269 Å². The molecule has 0 bridgehead atoms. The van der Waals surface area contributed by atoms with Crippen molar-refractivity contribution in [2.45, 2.75) is 207 Å². The predicted octanol–water partition coefficient (Wildman–Crippen LogP) is 12.9. The van der Waals surface area contributed by atoms with Crippen LogP contribution in [0.4, 0.5) is 0 Å². The van der Waals surface area contributed by atoms with Gasteiger partial charge >= 0.3 is 0 Å². The zero-order valence-electron chi connectivity index (χ0n) is 29.1. The molecular formula is C41H73N2+. The van der Waals surface area contributed by atoms with Gasteiger partial charge in [0.05, 0.1) is 6.54 Å². The van der Waals surface area contributed by atoms with Gasteiger partial charge in [0.15, 0.2) is 0 Å². The molecule has 1 aromatic heterocycles. The standard InChI is InChI=1S/C41H73N2/c1-3-5-7-9-11-13-15-16-17-18-19-20-22-24-26-31-35-41-42(37-38-43(41)39-40-33-29-28-30-34-40)36-32-27-25-23-21-14-12-10-8-6-4-2/h28-30,33-34,37-38H,3-27,31-32,35-36,39H2,1-2H3/q+1. The number of imidazole rings is 1. The van der Waals surface area contributed by atoms with E-state index < -0.39 is 0 Å². The lowest BCUT2D eigenvalue weighted by Crippen LogP contribution is -2.37. The predicted molar refractivity (Wildman–Crippen MR) is 190 cm³/mol. The normalized spacial score (nSPS) is 11.5. The molecule has 0 aliphatic rings. The zero-order valence-corrected chi connectivity index (χ0v) is 29.1. The van der Waals surface area contributed by atoms with Gasteiger partial charge in [0.2, 0.25) is 0 Å². The molecule has 0 amide bonds. The van der Waals surface area contributed by atoms with Crippen LogP contribution in [-0.4, -0.2) is 4.57 Å². The Hall–Kier alpha value is -1.57. The van der Waals surface area contributed by atoms with Crippen LogP contribution in [-0.2, 0) is 19.5 Å². The van der Waals surface area contributed by atoms with Crippen LogP contribution in [0, 0.1) is 0 Å². The van der Waals surface area contributed by atoms with Crippen molar-refractivity contribution in [3.63, 3.8) is 0 Å². The van der Waals surface area contributed by atoms with Gasteiger partial charge < -0.3 is 0 Å². The molecule has 0 atom stereocenters. The van der Waals surface area contributed by atoms with E-state index in [0.29, 0.717) is 0 Å². The van der Waals surface area contributed by atoms with Gasteiger partial charge in [-0.05, 0) is 24.8 Å². The summed E-state index contributed by atoms with van der Waals surface area (Å²) in [4.78, 5) is 0. The summed E-state index contributed by atoms with van der Waals surface area (Å²) in [6.45, 7) is 6.80. The molecule has 0 aliphatic heterocycles. The molecule has 0 N–H and O–H groups in total. The monoisotopic (exact) mass is 594 g/mol. The minimum atomic E-state index is 1.00. The largest absolute Gasteiger partial charge is 0.256 e. The molecule has 0 unspecified atom stereocenters. The molecule has 0 saturated heterocycles. The number of aromatic nitrogens is 2. The smallest absolute Gasteiger partial charge is 0.234 e. The highest BCUT2D eigenvalue weighted by Gasteiger charge is 2.17. The van der Waals surface area contributed by atoms with Gasteiger partial charge in [0, 0.05) is 6.42 Å². The van der Waals surface area contributed by atoms with E-state index in [1.807, 2.05) is 0 Å². The van der Waals surface area contributed by atoms with E-state index in [1.165, 1.54) is 192 Å². The lowest BCUT2D eigenvalue weighted by Gasteiger charge is -2.07. The molecule has 0 spiro atoms. The third kappa shape index (κ3) is 20.2. The second-order valence-electron chi connectivity index (χ2n) is 13.6. The van der Waals surface area contributed by atoms with Crippen LogP contribution in [0.25, 0.3) is 0 Å². The highest BCUT2D eigenvalue weighted by molar-refractivity contribution is 5.13. The maximum atomic E-state index is 2.59. The molecule has 0 radical (unpaired) electrons. The van der Waals surface area contributed by atoms with Crippen molar-refractivity contribution >= 4 is 0 Å². The van der Waals surface area contributed by atoms with Gasteiger partial charge in [-0.15, -0.1) is 0 Å². The molecule has 0 fully saturated rings. The summed E-state index contributed by atoms with van der Waals surface area (Å²) in [6, 6.07) is 11.0. The van der Waals surface area contributed by atoms with Gasteiger partial charge in [-0.1, -0.05) is 198 Å². The third-order valence-corrected chi connectivity index (χ3v) is 9.54. The molecule has 1 aromatic carbocycles. The summed E-state index contributed by atoms with van der Waals surface area (Å²) < 4.78 is 5.11. The van der Waals surface area contributed by atoms with Crippen molar-refractivity contribution in [3.8, 4) is 0 Å². The summed E-state index contributed by atoms with van der Waals surface area (Å²) in [5.74, 6) is 1.54. The quantitative estimate of drug-likeness (QED) is 0.0607. The maximum Gasteiger partial charge on any atom is 0.256 e. The van der Waals surface area contributed by atoms with Gasteiger partial charge in [-0.25, -0.2) is 9.13 Å². The first kappa shape index (κ1) is 37.6. The molecule has 0 aliphatic carbocycles. The Morgan fingerprint density at radius 3 is 1.30 bits per heavy atom. The van der Waals surface area contributed by atoms with Gasteiger partial charge in [-0.2, -0.15) is 0 Å². The summed E-state index contributed by atoms with van der Waals surface area (Å²) in [6.07, 6.45) is 44.4. The van der Waals surface area contributed by atoms with E-state index >= 15 is 0 Å². The van der Waals surface area contributed by atoms with Crippen LogP contribution in [0.5, 0.6) is 0 Å². The van der Waals surface area contributed by atoms with Crippen LogP contribution < -0.4 is 4.57 Å². The Morgan fingerprint density at radius 2 is 0.860 bits per heavy atom. The molecule has 1 heterocycles. The lowest BCUT2D eigenvalue weighted by molar-refractivity contribution is -0.695. The first-order valence-corrected chi connectivity index (χ1v) is 19.5. The molecule has 2 rings (SSSR count). The van der Waals surface area contributed by atoms with Crippen LogP contribution in [0.2, 0.25) is 0 Å². The minimum absolute atomic E-state index is 1.00. The van der Waals surface area contributed by atoms with Crippen LogP contribution >= 0.6 is 0 Å². The average molecular weight is 594 g/mol. The SMILES string of the molecule is CCCCCCCCCCCCCCCCCCc1n(CCCCCCCCCCCCC)cc[n+]1Cc1ccccc1. The van der Waals surface area contributed by atoms with Gasteiger partial charge in [0.1, 0.15) is 18.9 Å². The summed E-state index contributed by atoms with van der Waals surface area (Å²) >= 11 is 0. The van der Waals surface area contributed by atoms with Crippen molar-refractivity contribution in [2.75, 3.05) is 0 Å². The Kier molecular flexibility index (Phi) is 24.4. The van der Waals surface area contributed by atoms with Crippen molar-refractivity contribution in [3.05, 3.63) is 54.1 Å². The molecule has 2 aromatic rings. The first-order valence-electron chi connectivity index (χ1n) is 19.5. The number of nitrogens with zero attached hydrogens (tertiary/aromatic N) is 2. The van der Waals surface area contributed by atoms with E-state index in [1.54, 1.807) is 5.82 Å². The van der Waals surface area contributed by atoms with E-state index in [4.69, 9.17) is 0 Å².